The molecule has 0 heterocycles. The van der Waals surface area contributed by atoms with Crippen molar-refractivity contribution in [2.24, 2.45) is 0 Å². The molecule has 0 saturated heterocycles. The first-order chi connectivity index (χ1) is 10.2. The Morgan fingerprint density at radius 2 is 1.45 bits per heavy atom. The summed E-state index contributed by atoms with van der Waals surface area (Å²) in [5.41, 5.74) is 3.40. The standard InChI is InChI=1S/C19H18O2.Na.H/c1-2-3-4-15-5-7-16(8-6-15)9-10-17-11-13-18(14-12-17)19(20)21;;/h5-8,11-14H,2-4H2,1H3,(H,20,21);;. The van der Waals surface area contributed by atoms with E-state index in [1.54, 1.807) is 24.3 Å². The molecule has 0 fully saturated rings. The van der Waals surface area contributed by atoms with E-state index in [0.29, 0.717) is 0 Å². The Bertz CT molecular complexity index is 661. The van der Waals surface area contributed by atoms with Gasteiger partial charge in [-0.3, -0.25) is 0 Å². The molecule has 2 rings (SSSR count). The van der Waals surface area contributed by atoms with Gasteiger partial charge in [0.1, 0.15) is 0 Å². The molecular formula is C19H19NaO2. The minimum atomic E-state index is -0.919. The molecule has 2 aromatic carbocycles. The summed E-state index contributed by atoms with van der Waals surface area (Å²) in [5.74, 6) is 5.22. The van der Waals surface area contributed by atoms with Crippen LogP contribution in [0.1, 0.15) is 46.8 Å². The SMILES string of the molecule is CCCCc1ccc(C#Cc2ccc(C(=O)O)cc2)cc1.[NaH]. The molecule has 22 heavy (non-hydrogen) atoms. The van der Waals surface area contributed by atoms with Crippen LogP contribution in [0.5, 0.6) is 0 Å². The van der Waals surface area contributed by atoms with Crippen LogP contribution in [-0.2, 0) is 6.42 Å². The number of carbonyl (C=O) groups is 1. The number of benzene rings is 2. The molecule has 2 aromatic rings. The molecule has 0 aliphatic carbocycles. The van der Waals surface area contributed by atoms with E-state index in [2.05, 4.69) is 30.9 Å². The van der Waals surface area contributed by atoms with E-state index in [-0.39, 0.29) is 35.1 Å². The van der Waals surface area contributed by atoms with Gasteiger partial charge < -0.3 is 5.11 Å². The molecule has 0 unspecified atom stereocenters. The van der Waals surface area contributed by atoms with Crippen LogP contribution in [0.15, 0.2) is 48.5 Å². The first kappa shape index (κ1) is 18.5. The molecule has 0 aliphatic heterocycles. The molecule has 0 spiro atoms. The number of carboxylic acids is 1. The van der Waals surface area contributed by atoms with Gasteiger partial charge in [-0.25, -0.2) is 4.79 Å². The summed E-state index contributed by atoms with van der Waals surface area (Å²) in [6, 6.07) is 14.9. The summed E-state index contributed by atoms with van der Waals surface area (Å²) in [5, 5.41) is 8.84. The van der Waals surface area contributed by atoms with Crippen LogP contribution in [0, 0.1) is 11.8 Å². The second-order valence-corrected chi connectivity index (χ2v) is 4.93. The van der Waals surface area contributed by atoms with Crippen molar-refractivity contribution in [1.29, 1.82) is 0 Å². The van der Waals surface area contributed by atoms with Crippen molar-refractivity contribution >= 4 is 35.5 Å². The number of aryl methyl sites for hydroxylation is 1. The van der Waals surface area contributed by atoms with Gasteiger partial charge in [0.25, 0.3) is 0 Å². The van der Waals surface area contributed by atoms with E-state index in [9.17, 15) is 4.79 Å². The Labute approximate surface area is 153 Å². The molecule has 1 N–H and O–H groups in total. The van der Waals surface area contributed by atoms with Crippen LogP contribution >= 0.6 is 0 Å². The maximum atomic E-state index is 10.8. The van der Waals surface area contributed by atoms with Gasteiger partial charge in [0.15, 0.2) is 0 Å². The summed E-state index contributed by atoms with van der Waals surface area (Å²) in [6.07, 6.45) is 3.52. The number of hydrogen-bond donors (Lipinski definition) is 1. The molecule has 3 heteroatoms. The summed E-state index contributed by atoms with van der Waals surface area (Å²) in [6.45, 7) is 2.19. The number of carboxylic acid groups (broad SMARTS) is 1. The Balaban J connectivity index is 0.00000242. The molecule has 0 atom stereocenters. The van der Waals surface area contributed by atoms with Crippen molar-refractivity contribution in [2.45, 2.75) is 26.2 Å². The summed E-state index contributed by atoms with van der Waals surface area (Å²) >= 11 is 0. The molecule has 0 bridgehead atoms. The van der Waals surface area contributed by atoms with E-state index >= 15 is 0 Å². The van der Waals surface area contributed by atoms with E-state index in [4.69, 9.17) is 5.11 Å². The van der Waals surface area contributed by atoms with Crippen molar-refractivity contribution in [2.75, 3.05) is 0 Å². The Kier molecular flexibility index (Phi) is 7.98. The van der Waals surface area contributed by atoms with Crippen LogP contribution in [0.2, 0.25) is 0 Å². The molecule has 108 valence electrons. The normalized spacial score (nSPS) is 9.32. The van der Waals surface area contributed by atoms with E-state index in [0.717, 1.165) is 17.5 Å². The molecular weight excluding hydrogens is 283 g/mol. The molecule has 0 radical (unpaired) electrons. The molecule has 0 aromatic heterocycles. The van der Waals surface area contributed by atoms with E-state index in [1.165, 1.54) is 18.4 Å². The van der Waals surface area contributed by atoms with Crippen LogP contribution < -0.4 is 0 Å². The quantitative estimate of drug-likeness (QED) is 0.693. The number of hydrogen-bond acceptors (Lipinski definition) is 1. The van der Waals surface area contributed by atoms with Crippen LogP contribution in [0.3, 0.4) is 0 Å². The average Bonchev–Trinajstić information content (AvgIpc) is 2.52. The zero-order chi connectivity index (χ0) is 15.1. The zero-order valence-electron chi connectivity index (χ0n) is 12.1. The second kappa shape index (κ2) is 9.48. The third-order valence-corrected chi connectivity index (χ3v) is 3.26. The van der Waals surface area contributed by atoms with E-state index < -0.39 is 5.97 Å². The predicted molar refractivity (Wildman–Crippen MR) is 91.6 cm³/mol. The summed E-state index contributed by atoms with van der Waals surface area (Å²) in [7, 11) is 0. The fraction of sp³-hybridized carbons (Fsp3) is 0.211. The van der Waals surface area contributed by atoms with Gasteiger partial charge in [-0.05, 0) is 54.8 Å². The monoisotopic (exact) mass is 302 g/mol. The molecule has 0 aliphatic rings. The number of rotatable bonds is 4. The summed E-state index contributed by atoms with van der Waals surface area (Å²) < 4.78 is 0. The number of aromatic carboxylic acids is 1. The molecule has 0 saturated carbocycles. The Morgan fingerprint density at radius 1 is 0.955 bits per heavy atom. The van der Waals surface area contributed by atoms with E-state index in [1.807, 2.05) is 12.1 Å². The van der Waals surface area contributed by atoms with Gasteiger partial charge in [-0.2, -0.15) is 0 Å². The Hall–Kier alpha value is -1.53. The van der Waals surface area contributed by atoms with Gasteiger partial charge >= 0.3 is 35.5 Å². The van der Waals surface area contributed by atoms with Crippen LogP contribution in [0.4, 0.5) is 0 Å². The second-order valence-electron chi connectivity index (χ2n) is 4.93. The number of unbranched alkanes of at least 4 members (excludes halogenated alkanes) is 1. The van der Waals surface area contributed by atoms with Gasteiger partial charge in [-0.1, -0.05) is 37.3 Å². The third-order valence-electron chi connectivity index (χ3n) is 3.26. The maximum absolute atomic E-state index is 10.8. The molecule has 2 nitrogen and oxygen atoms in total. The average molecular weight is 302 g/mol. The topological polar surface area (TPSA) is 37.3 Å². The third kappa shape index (κ3) is 5.69. The summed E-state index contributed by atoms with van der Waals surface area (Å²) in [4.78, 5) is 10.8. The van der Waals surface area contributed by atoms with Gasteiger partial charge in [0, 0.05) is 11.1 Å². The van der Waals surface area contributed by atoms with Crippen molar-refractivity contribution in [3.8, 4) is 11.8 Å². The van der Waals surface area contributed by atoms with Crippen LogP contribution in [-0.4, -0.2) is 40.6 Å². The van der Waals surface area contributed by atoms with Gasteiger partial charge in [0.2, 0.25) is 0 Å². The molecule has 0 amide bonds. The first-order valence-electron chi connectivity index (χ1n) is 7.13. The zero-order valence-corrected chi connectivity index (χ0v) is 12.1. The fourth-order valence-electron chi connectivity index (χ4n) is 1.98. The predicted octanol–water partition coefficient (Wildman–Crippen LogP) is 3.48. The minimum absolute atomic E-state index is 0. The van der Waals surface area contributed by atoms with Gasteiger partial charge in [-0.15, -0.1) is 0 Å². The fourth-order valence-corrected chi connectivity index (χ4v) is 1.98. The first-order valence-corrected chi connectivity index (χ1v) is 7.13. The van der Waals surface area contributed by atoms with Crippen molar-refractivity contribution in [3.05, 3.63) is 70.8 Å². The Morgan fingerprint density at radius 3 is 1.91 bits per heavy atom. The van der Waals surface area contributed by atoms with Crippen molar-refractivity contribution in [1.82, 2.24) is 0 Å². The van der Waals surface area contributed by atoms with Crippen molar-refractivity contribution < 1.29 is 9.90 Å². The van der Waals surface area contributed by atoms with Crippen LogP contribution in [0.25, 0.3) is 0 Å². The van der Waals surface area contributed by atoms with Gasteiger partial charge in [0.05, 0.1) is 5.56 Å². The van der Waals surface area contributed by atoms with Crippen molar-refractivity contribution in [3.63, 3.8) is 0 Å².